The lowest BCUT2D eigenvalue weighted by Gasteiger charge is -2.20. The van der Waals surface area contributed by atoms with Crippen molar-refractivity contribution < 1.29 is 23.9 Å². The van der Waals surface area contributed by atoms with Crippen molar-refractivity contribution >= 4 is 28.9 Å². The first-order valence-electron chi connectivity index (χ1n) is 9.88. The summed E-state index contributed by atoms with van der Waals surface area (Å²) in [5.41, 5.74) is 2.60. The largest absolute Gasteiger partial charge is 0.467 e. The van der Waals surface area contributed by atoms with Crippen LogP contribution in [0.1, 0.15) is 18.1 Å². The van der Waals surface area contributed by atoms with E-state index in [0.717, 1.165) is 22.0 Å². The SMILES string of the molecule is COC(=O)[C@@H](C)NC(=O)[C@@H](Cc1c[nH]c2ccccc12)NC(=O)OCc1ccccc1. The highest BCUT2D eigenvalue weighted by atomic mass is 16.5. The van der Waals surface area contributed by atoms with Crippen molar-refractivity contribution in [1.29, 1.82) is 0 Å². The van der Waals surface area contributed by atoms with Gasteiger partial charge in [0.15, 0.2) is 0 Å². The Balaban J connectivity index is 1.72. The Bertz CT molecular complexity index is 1050. The van der Waals surface area contributed by atoms with Crippen LogP contribution >= 0.6 is 0 Å². The van der Waals surface area contributed by atoms with Gasteiger partial charge in [-0.15, -0.1) is 0 Å². The van der Waals surface area contributed by atoms with Crippen LogP contribution in [0.4, 0.5) is 4.79 Å². The van der Waals surface area contributed by atoms with E-state index in [4.69, 9.17) is 4.74 Å². The topological polar surface area (TPSA) is 110 Å². The third kappa shape index (κ3) is 5.85. The summed E-state index contributed by atoms with van der Waals surface area (Å²) in [6.07, 6.45) is 1.28. The number of nitrogens with one attached hydrogen (secondary N) is 3. The van der Waals surface area contributed by atoms with Gasteiger partial charge in [0, 0.05) is 23.5 Å². The quantitative estimate of drug-likeness (QED) is 0.483. The third-order valence-corrected chi connectivity index (χ3v) is 4.83. The number of amides is 2. The van der Waals surface area contributed by atoms with Gasteiger partial charge < -0.3 is 25.1 Å². The van der Waals surface area contributed by atoms with Crippen molar-refractivity contribution in [1.82, 2.24) is 15.6 Å². The second kappa shape index (κ2) is 10.3. The molecule has 0 aliphatic rings. The number of para-hydroxylation sites is 1. The fourth-order valence-electron chi connectivity index (χ4n) is 3.19. The molecule has 3 rings (SSSR count). The van der Waals surface area contributed by atoms with Crippen LogP contribution in [-0.4, -0.2) is 42.1 Å². The van der Waals surface area contributed by atoms with Gasteiger partial charge >= 0.3 is 12.1 Å². The maximum absolute atomic E-state index is 12.8. The first kappa shape index (κ1) is 21.9. The summed E-state index contributed by atoms with van der Waals surface area (Å²) in [6.45, 7) is 1.59. The number of hydrogen-bond acceptors (Lipinski definition) is 5. The number of esters is 1. The van der Waals surface area contributed by atoms with Gasteiger partial charge in [-0.3, -0.25) is 4.79 Å². The smallest absolute Gasteiger partial charge is 0.408 e. The van der Waals surface area contributed by atoms with E-state index in [1.165, 1.54) is 14.0 Å². The first-order chi connectivity index (χ1) is 15.0. The minimum atomic E-state index is -0.949. The number of carbonyl (C=O) groups is 3. The molecule has 0 radical (unpaired) electrons. The molecule has 3 N–H and O–H groups in total. The summed E-state index contributed by atoms with van der Waals surface area (Å²) in [5.74, 6) is -1.09. The van der Waals surface area contributed by atoms with Crippen LogP contribution < -0.4 is 10.6 Å². The lowest BCUT2D eigenvalue weighted by molar-refractivity contribution is -0.144. The van der Waals surface area contributed by atoms with E-state index in [1.54, 1.807) is 6.20 Å². The molecule has 0 aliphatic carbocycles. The molecule has 8 nitrogen and oxygen atoms in total. The van der Waals surface area contributed by atoms with E-state index in [2.05, 4.69) is 20.4 Å². The monoisotopic (exact) mass is 423 g/mol. The van der Waals surface area contributed by atoms with Crippen molar-refractivity contribution in [3.8, 4) is 0 Å². The summed E-state index contributed by atoms with van der Waals surface area (Å²) in [7, 11) is 1.24. The van der Waals surface area contributed by atoms with Gasteiger partial charge in [-0.25, -0.2) is 9.59 Å². The Kier molecular flexibility index (Phi) is 7.26. The number of alkyl carbamates (subject to hydrolysis) is 1. The van der Waals surface area contributed by atoms with Gasteiger partial charge in [0.2, 0.25) is 5.91 Å². The fourth-order valence-corrected chi connectivity index (χ4v) is 3.19. The number of carbonyl (C=O) groups excluding carboxylic acids is 3. The molecule has 0 fully saturated rings. The number of aromatic amines is 1. The van der Waals surface area contributed by atoms with Crippen LogP contribution in [0, 0.1) is 0 Å². The van der Waals surface area contributed by atoms with Gasteiger partial charge in [-0.1, -0.05) is 48.5 Å². The lowest BCUT2D eigenvalue weighted by atomic mass is 10.0. The molecule has 2 amide bonds. The molecule has 0 saturated heterocycles. The third-order valence-electron chi connectivity index (χ3n) is 4.83. The van der Waals surface area contributed by atoms with E-state index < -0.39 is 30.1 Å². The molecular formula is C23H25N3O5. The summed E-state index contributed by atoms with van der Waals surface area (Å²) in [5, 5.41) is 6.13. The normalized spacial score (nSPS) is 12.6. The van der Waals surface area contributed by atoms with Crippen molar-refractivity contribution in [3.63, 3.8) is 0 Å². The molecule has 31 heavy (non-hydrogen) atoms. The van der Waals surface area contributed by atoms with Gasteiger partial charge in [-0.2, -0.15) is 0 Å². The van der Waals surface area contributed by atoms with E-state index in [9.17, 15) is 14.4 Å². The molecular weight excluding hydrogens is 398 g/mol. The van der Waals surface area contributed by atoms with Crippen molar-refractivity contribution in [2.45, 2.75) is 32.0 Å². The minimum absolute atomic E-state index is 0.0761. The van der Waals surface area contributed by atoms with E-state index in [-0.39, 0.29) is 13.0 Å². The number of hydrogen-bond donors (Lipinski definition) is 3. The minimum Gasteiger partial charge on any atom is -0.467 e. The van der Waals surface area contributed by atoms with E-state index in [1.807, 2.05) is 54.6 Å². The number of rotatable bonds is 8. The predicted octanol–water partition coefficient (Wildman–Crippen LogP) is 2.68. The van der Waals surface area contributed by atoms with Crippen LogP contribution in [-0.2, 0) is 32.1 Å². The molecule has 0 unspecified atom stereocenters. The zero-order valence-electron chi connectivity index (χ0n) is 17.4. The van der Waals surface area contributed by atoms with Gasteiger partial charge in [-0.05, 0) is 24.1 Å². The number of methoxy groups -OCH3 is 1. The maximum atomic E-state index is 12.8. The molecule has 8 heteroatoms. The number of fused-ring (bicyclic) bond motifs is 1. The Morgan fingerprint density at radius 1 is 1.00 bits per heavy atom. The second-order valence-corrected chi connectivity index (χ2v) is 7.08. The fraction of sp³-hybridized carbons (Fsp3) is 0.261. The van der Waals surface area contributed by atoms with Crippen molar-refractivity contribution in [3.05, 3.63) is 71.9 Å². The molecule has 2 aromatic carbocycles. The standard InChI is InChI=1S/C23H25N3O5/c1-15(22(28)30-2)25-21(27)20(12-17-13-24-19-11-7-6-10-18(17)19)26-23(29)31-14-16-8-4-3-5-9-16/h3-11,13,15,20,24H,12,14H2,1-2H3,(H,25,27)(H,26,29)/t15-,20-/m1/s1. The number of H-pyrrole nitrogens is 1. The Morgan fingerprint density at radius 2 is 1.71 bits per heavy atom. The molecule has 0 saturated carbocycles. The van der Waals surface area contributed by atoms with Gasteiger partial charge in [0.05, 0.1) is 7.11 Å². The first-order valence-corrected chi connectivity index (χ1v) is 9.88. The molecule has 0 bridgehead atoms. The number of aromatic nitrogens is 1. The Labute approximate surface area is 179 Å². The lowest BCUT2D eigenvalue weighted by Crippen LogP contribution is -2.52. The van der Waals surface area contributed by atoms with E-state index in [0.29, 0.717) is 0 Å². The van der Waals surface area contributed by atoms with Crippen LogP contribution in [0.25, 0.3) is 10.9 Å². The average molecular weight is 423 g/mol. The molecule has 1 aromatic heterocycles. The van der Waals surface area contributed by atoms with Crippen LogP contribution in [0.15, 0.2) is 60.8 Å². The molecule has 0 spiro atoms. The number of ether oxygens (including phenoxy) is 2. The van der Waals surface area contributed by atoms with Crippen molar-refractivity contribution in [2.75, 3.05) is 7.11 Å². The van der Waals surface area contributed by atoms with Gasteiger partial charge in [0.1, 0.15) is 18.7 Å². The zero-order valence-corrected chi connectivity index (χ0v) is 17.4. The highest BCUT2D eigenvalue weighted by Crippen LogP contribution is 2.19. The highest BCUT2D eigenvalue weighted by Gasteiger charge is 2.26. The Hall–Kier alpha value is -3.81. The molecule has 3 aromatic rings. The van der Waals surface area contributed by atoms with Crippen LogP contribution in [0.5, 0.6) is 0 Å². The van der Waals surface area contributed by atoms with E-state index >= 15 is 0 Å². The predicted molar refractivity (Wildman–Crippen MR) is 115 cm³/mol. The highest BCUT2D eigenvalue weighted by molar-refractivity contribution is 5.91. The average Bonchev–Trinajstić information content (AvgIpc) is 3.20. The van der Waals surface area contributed by atoms with Gasteiger partial charge in [0.25, 0.3) is 0 Å². The summed E-state index contributed by atoms with van der Waals surface area (Å²) in [6, 6.07) is 15.1. The number of benzene rings is 2. The summed E-state index contributed by atoms with van der Waals surface area (Å²) in [4.78, 5) is 40.1. The molecule has 1 heterocycles. The summed E-state index contributed by atoms with van der Waals surface area (Å²) >= 11 is 0. The molecule has 2 atom stereocenters. The molecule has 162 valence electrons. The Morgan fingerprint density at radius 3 is 2.45 bits per heavy atom. The van der Waals surface area contributed by atoms with Crippen LogP contribution in [0.3, 0.4) is 0 Å². The zero-order chi connectivity index (χ0) is 22.2. The second-order valence-electron chi connectivity index (χ2n) is 7.08. The summed E-state index contributed by atoms with van der Waals surface area (Å²) < 4.78 is 9.91. The van der Waals surface area contributed by atoms with Crippen molar-refractivity contribution in [2.24, 2.45) is 0 Å². The van der Waals surface area contributed by atoms with Crippen LogP contribution in [0.2, 0.25) is 0 Å². The maximum Gasteiger partial charge on any atom is 0.408 e. The molecule has 0 aliphatic heterocycles.